The molecule has 3 aromatic rings. The zero-order valence-electron chi connectivity index (χ0n) is 15.6. The molecule has 2 aromatic carbocycles. The first-order valence-electron chi connectivity index (χ1n) is 9.20. The molecule has 27 heavy (non-hydrogen) atoms. The molecule has 2 atom stereocenters. The van der Waals surface area contributed by atoms with Crippen LogP contribution in [0.3, 0.4) is 0 Å². The highest BCUT2D eigenvalue weighted by Crippen LogP contribution is 2.33. The lowest BCUT2D eigenvalue weighted by atomic mass is 10.1. The first-order valence-corrected chi connectivity index (χ1v) is 10.1. The molecule has 0 saturated carbocycles. The molecule has 2 heterocycles. The van der Waals surface area contributed by atoms with Crippen LogP contribution in [-0.4, -0.2) is 57.6 Å². The lowest BCUT2D eigenvalue weighted by molar-refractivity contribution is -0.133. The van der Waals surface area contributed by atoms with E-state index in [1.807, 2.05) is 44.4 Å². The van der Waals surface area contributed by atoms with E-state index in [9.17, 15) is 4.79 Å². The Morgan fingerprint density at radius 1 is 1.19 bits per heavy atom. The van der Waals surface area contributed by atoms with Gasteiger partial charge in [-0.25, -0.2) is 4.98 Å². The van der Waals surface area contributed by atoms with Crippen molar-refractivity contribution in [3.8, 4) is 0 Å². The van der Waals surface area contributed by atoms with Crippen molar-refractivity contribution in [3.63, 3.8) is 0 Å². The first-order chi connectivity index (χ1) is 13.1. The molecule has 4 rings (SSSR count). The molecule has 5 nitrogen and oxygen atoms in total. The number of nitrogens with zero attached hydrogens (tertiary/aromatic N) is 3. The quantitative estimate of drug-likeness (QED) is 0.737. The fourth-order valence-electron chi connectivity index (χ4n) is 3.64. The van der Waals surface area contributed by atoms with Crippen LogP contribution >= 0.6 is 11.8 Å². The summed E-state index contributed by atoms with van der Waals surface area (Å²) in [6, 6.07) is 18.4. The highest BCUT2D eigenvalue weighted by molar-refractivity contribution is 7.99. The number of amides is 1. The molecule has 140 valence electrons. The van der Waals surface area contributed by atoms with Gasteiger partial charge in [0.15, 0.2) is 5.16 Å². The molecule has 0 aliphatic carbocycles. The molecule has 1 saturated heterocycles. The second-order valence-electron chi connectivity index (χ2n) is 7.20. The summed E-state index contributed by atoms with van der Waals surface area (Å²) < 4.78 is 0. The number of thioether (sulfide) groups is 1. The minimum atomic E-state index is -0.0814. The second kappa shape index (κ2) is 7.74. The van der Waals surface area contributed by atoms with Gasteiger partial charge in [-0.15, -0.1) is 0 Å². The van der Waals surface area contributed by atoms with E-state index in [0.717, 1.165) is 35.7 Å². The summed E-state index contributed by atoms with van der Waals surface area (Å²) in [7, 11) is 3.67. The van der Waals surface area contributed by atoms with Crippen molar-refractivity contribution in [3.05, 3.63) is 60.2 Å². The summed E-state index contributed by atoms with van der Waals surface area (Å²) in [4.78, 5) is 24.8. The van der Waals surface area contributed by atoms with Gasteiger partial charge in [0.05, 0.1) is 17.1 Å². The fraction of sp³-hybridized carbons (Fsp3) is 0.333. The lowest BCUT2D eigenvalue weighted by Gasteiger charge is -2.25. The Morgan fingerprint density at radius 2 is 1.93 bits per heavy atom. The first kappa shape index (κ1) is 18.1. The van der Waals surface area contributed by atoms with Crippen LogP contribution in [0.1, 0.15) is 12.0 Å². The van der Waals surface area contributed by atoms with Gasteiger partial charge in [0.2, 0.25) is 5.91 Å². The number of hydrogen-bond acceptors (Lipinski definition) is 4. The number of hydrogen-bond donors (Lipinski definition) is 1. The minimum absolute atomic E-state index is 0.0814. The monoisotopic (exact) mass is 380 g/mol. The number of carbonyl (C=O) groups excluding carboxylic acids is 1. The predicted octanol–water partition coefficient (Wildman–Crippen LogP) is 3.39. The topological polar surface area (TPSA) is 52.2 Å². The average Bonchev–Trinajstić information content (AvgIpc) is 3.25. The largest absolute Gasteiger partial charge is 0.347 e. The van der Waals surface area contributed by atoms with E-state index in [0.29, 0.717) is 5.25 Å². The molecule has 0 radical (unpaired) electrons. The van der Waals surface area contributed by atoms with Crippen LogP contribution in [0.25, 0.3) is 11.0 Å². The molecule has 6 heteroatoms. The van der Waals surface area contributed by atoms with Gasteiger partial charge in [-0.1, -0.05) is 54.2 Å². The molecule has 1 aliphatic heterocycles. The third kappa shape index (κ3) is 4.01. The zero-order chi connectivity index (χ0) is 18.8. The van der Waals surface area contributed by atoms with Crippen LogP contribution in [0, 0.1) is 0 Å². The number of fused-ring (bicyclic) bond motifs is 1. The number of imidazole rings is 1. The van der Waals surface area contributed by atoms with E-state index in [4.69, 9.17) is 0 Å². The van der Waals surface area contributed by atoms with Crippen molar-refractivity contribution in [1.29, 1.82) is 0 Å². The van der Waals surface area contributed by atoms with Gasteiger partial charge in [0.25, 0.3) is 0 Å². The summed E-state index contributed by atoms with van der Waals surface area (Å²) in [6.45, 7) is 1.67. The number of carbonyl (C=O) groups is 1. The summed E-state index contributed by atoms with van der Waals surface area (Å²) in [5.41, 5.74) is 3.28. The molecule has 0 bridgehead atoms. The third-order valence-corrected chi connectivity index (χ3v) is 6.06. The minimum Gasteiger partial charge on any atom is -0.347 e. The summed E-state index contributed by atoms with van der Waals surface area (Å²) in [6.07, 6.45) is 0.839. The van der Waals surface area contributed by atoms with Crippen LogP contribution < -0.4 is 0 Å². The molecule has 0 unspecified atom stereocenters. The molecule has 1 amide bonds. The zero-order valence-corrected chi connectivity index (χ0v) is 16.4. The van der Waals surface area contributed by atoms with Crippen molar-refractivity contribution in [1.82, 2.24) is 19.8 Å². The van der Waals surface area contributed by atoms with Crippen LogP contribution in [0.5, 0.6) is 0 Å². The number of aromatic nitrogens is 2. The highest BCUT2D eigenvalue weighted by atomic mass is 32.2. The van der Waals surface area contributed by atoms with Crippen molar-refractivity contribution in [2.24, 2.45) is 0 Å². The SMILES string of the molecule is CN(C)C(=O)[C@@H]1C[C@@H](Sc2nc3ccccc3[nH]2)CN1Cc1ccccc1. The maximum absolute atomic E-state index is 12.7. The summed E-state index contributed by atoms with van der Waals surface area (Å²) in [5.74, 6) is 0.179. The maximum Gasteiger partial charge on any atom is 0.239 e. The third-order valence-electron chi connectivity index (χ3n) is 4.97. The average molecular weight is 381 g/mol. The highest BCUT2D eigenvalue weighted by Gasteiger charge is 2.38. The summed E-state index contributed by atoms with van der Waals surface area (Å²) >= 11 is 1.75. The van der Waals surface area contributed by atoms with Crippen LogP contribution in [0.15, 0.2) is 59.8 Å². The van der Waals surface area contributed by atoms with Gasteiger partial charge in [-0.3, -0.25) is 9.69 Å². The number of nitrogens with one attached hydrogen (secondary N) is 1. The van der Waals surface area contributed by atoms with Gasteiger partial charge < -0.3 is 9.88 Å². The van der Waals surface area contributed by atoms with Crippen LogP contribution in [-0.2, 0) is 11.3 Å². The number of aromatic amines is 1. The van der Waals surface area contributed by atoms with Crippen LogP contribution in [0.4, 0.5) is 0 Å². The van der Waals surface area contributed by atoms with Gasteiger partial charge >= 0.3 is 0 Å². The van der Waals surface area contributed by atoms with E-state index < -0.39 is 0 Å². The number of likely N-dealkylation sites (tertiary alicyclic amines) is 1. The lowest BCUT2D eigenvalue weighted by Crippen LogP contribution is -2.42. The van der Waals surface area contributed by atoms with Crippen molar-refractivity contribution >= 4 is 28.7 Å². The van der Waals surface area contributed by atoms with E-state index >= 15 is 0 Å². The maximum atomic E-state index is 12.7. The van der Waals surface area contributed by atoms with E-state index in [1.165, 1.54) is 5.56 Å². The number of benzene rings is 2. The van der Waals surface area contributed by atoms with Gasteiger partial charge in [-0.05, 0) is 24.1 Å². The number of H-pyrrole nitrogens is 1. The Kier molecular flexibility index (Phi) is 5.18. The Labute approximate surface area is 163 Å². The Balaban J connectivity index is 1.51. The number of rotatable bonds is 5. The van der Waals surface area contributed by atoms with E-state index in [-0.39, 0.29) is 11.9 Å². The molecule has 1 N–H and O–H groups in total. The van der Waals surface area contributed by atoms with E-state index in [1.54, 1.807) is 16.7 Å². The second-order valence-corrected chi connectivity index (χ2v) is 8.49. The predicted molar refractivity (Wildman–Crippen MR) is 110 cm³/mol. The standard InChI is InChI=1S/C21H24N4OS/c1-24(2)20(26)19-12-16(14-25(19)13-15-8-4-3-5-9-15)27-21-22-17-10-6-7-11-18(17)23-21/h3-11,16,19H,12-14H2,1-2H3,(H,22,23)/t16-,19+/m1/s1. The summed E-state index contributed by atoms with van der Waals surface area (Å²) in [5, 5.41) is 1.27. The van der Waals surface area contributed by atoms with Crippen molar-refractivity contribution in [2.45, 2.75) is 29.4 Å². The smallest absolute Gasteiger partial charge is 0.239 e. The van der Waals surface area contributed by atoms with E-state index in [2.05, 4.69) is 39.1 Å². The molecule has 1 fully saturated rings. The molecular weight excluding hydrogens is 356 g/mol. The van der Waals surface area contributed by atoms with Crippen molar-refractivity contribution in [2.75, 3.05) is 20.6 Å². The van der Waals surface area contributed by atoms with Gasteiger partial charge in [0.1, 0.15) is 0 Å². The molecule has 1 aromatic heterocycles. The van der Waals surface area contributed by atoms with Crippen LogP contribution in [0.2, 0.25) is 0 Å². The van der Waals surface area contributed by atoms with Crippen molar-refractivity contribution < 1.29 is 4.79 Å². The molecular formula is C21H24N4OS. The normalized spacial score (nSPS) is 20.2. The Hall–Kier alpha value is -2.31. The van der Waals surface area contributed by atoms with Gasteiger partial charge in [-0.2, -0.15) is 0 Å². The number of para-hydroxylation sites is 2. The molecule has 0 spiro atoms. The van der Waals surface area contributed by atoms with Gasteiger partial charge in [0, 0.05) is 32.4 Å². The number of likely N-dealkylation sites (N-methyl/N-ethyl adjacent to an activating group) is 1. The Bertz CT molecular complexity index is 891. The fourth-order valence-corrected chi connectivity index (χ4v) is 4.82. The Morgan fingerprint density at radius 3 is 2.67 bits per heavy atom. The molecule has 1 aliphatic rings.